The molecule has 1 N–H and O–H groups in total. The largest absolute Gasteiger partial charge is 0.497 e. The topological polar surface area (TPSA) is 45.3 Å². The summed E-state index contributed by atoms with van der Waals surface area (Å²) in [6.45, 7) is 4.64. The average molecular weight is 322 g/mol. The van der Waals surface area contributed by atoms with Gasteiger partial charge in [-0.3, -0.25) is 4.79 Å². The zero-order valence-electron chi connectivity index (χ0n) is 14.0. The quantitative estimate of drug-likeness (QED) is 0.876. The van der Waals surface area contributed by atoms with Gasteiger partial charge in [-0.05, 0) is 49.1 Å². The second-order valence-electron chi connectivity index (χ2n) is 6.65. The number of nitrogens with one attached hydrogen (secondary N) is 1. The summed E-state index contributed by atoms with van der Waals surface area (Å²) in [5, 5.41) is 1.18. The summed E-state index contributed by atoms with van der Waals surface area (Å²) in [5.74, 6) is 1.11. The van der Waals surface area contributed by atoms with Crippen molar-refractivity contribution in [1.82, 2.24) is 9.88 Å². The Bertz CT molecular complexity index is 849. The third-order valence-corrected chi connectivity index (χ3v) is 5.40. The maximum Gasteiger partial charge on any atom is 0.223 e. The van der Waals surface area contributed by atoms with Gasteiger partial charge in [0, 0.05) is 29.6 Å². The number of carbonyl (C=O) groups excluding carboxylic acids is 1. The molecule has 0 spiro atoms. The number of aromatic nitrogens is 1. The summed E-state index contributed by atoms with van der Waals surface area (Å²) in [4.78, 5) is 18.0. The van der Waals surface area contributed by atoms with Crippen LogP contribution in [0.2, 0.25) is 0 Å². The van der Waals surface area contributed by atoms with Crippen molar-refractivity contribution in [1.29, 1.82) is 0 Å². The molecular formula is C20H22N2O2. The molecule has 0 radical (unpaired) electrons. The first-order chi connectivity index (χ1) is 11.7. The fourth-order valence-electron chi connectivity index (χ4n) is 4.14. The van der Waals surface area contributed by atoms with E-state index in [1.807, 2.05) is 17.0 Å². The van der Waals surface area contributed by atoms with E-state index in [0.29, 0.717) is 6.42 Å². The summed E-state index contributed by atoms with van der Waals surface area (Å²) in [7, 11) is 1.68. The molecule has 24 heavy (non-hydrogen) atoms. The first-order valence-corrected chi connectivity index (χ1v) is 8.46. The summed E-state index contributed by atoms with van der Waals surface area (Å²) in [5.41, 5.74) is 3.30. The molecule has 2 aromatic rings. The molecule has 4 rings (SSSR count). The summed E-state index contributed by atoms with van der Waals surface area (Å²) >= 11 is 0. The van der Waals surface area contributed by atoms with Gasteiger partial charge >= 0.3 is 0 Å². The van der Waals surface area contributed by atoms with Gasteiger partial charge in [-0.2, -0.15) is 0 Å². The van der Waals surface area contributed by atoms with Crippen molar-refractivity contribution >= 4 is 22.9 Å². The standard InChI is InChI=1S/C20H22N2O2/c1-3-9-20-10-6-18-15(8-12-22(20)19(23)7-11-20)16-13-14(24-2)4-5-17(16)21-18/h3-6,10,13,21H,1,7-9,11-12H2,2H3/b10-6-/t20-/m0/s1. The normalized spacial score (nSPS) is 24.2. The number of fused-ring (bicyclic) bond motifs is 4. The maximum absolute atomic E-state index is 12.4. The number of H-pyrrole nitrogens is 1. The van der Waals surface area contributed by atoms with Gasteiger partial charge in [0.2, 0.25) is 5.91 Å². The second kappa shape index (κ2) is 5.55. The Morgan fingerprint density at radius 3 is 3.08 bits per heavy atom. The molecule has 0 saturated carbocycles. The SMILES string of the molecule is C=CC[C@@]12/C=C\c3[nH]c4ccc(OC)cc4c3CCN1C(=O)CC2. The van der Waals surface area contributed by atoms with Crippen molar-refractivity contribution in [3.05, 3.63) is 48.2 Å². The second-order valence-corrected chi connectivity index (χ2v) is 6.65. The Balaban J connectivity index is 1.83. The summed E-state index contributed by atoms with van der Waals surface area (Å²) < 4.78 is 5.37. The molecule has 124 valence electrons. The minimum absolute atomic E-state index is 0.203. The first kappa shape index (κ1) is 15.1. The van der Waals surface area contributed by atoms with Crippen molar-refractivity contribution in [2.24, 2.45) is 0 Å². The van der Waals surface area contributed by atoms with Gasteiger partial charge < -0.3 is 14.6 Å². The predicted molar refractivity (Wildman–Crippen MR) is 96.1 cm³/mol. The first-order valence-electron chi connectivity index (χ1n) is 8.46. The zero-order valence-corrected chi connectivity index (χ0v) is 14.0. The third kappa shape index (κ3) is 2.17. The van der Waals surface area contributed by atoms with Crippen LogP contribution in [-0.2, 0) is 11.2 Å². The Labute approximate surface area is 141 Å². The van der Waals surface area contributed by atoms with Gasteiger partial charge in [0.1, 0.15) is 5.75 Å². The lowest BCUT2D eigenvalue weighted by atomic mass is 9.89. The maximum atomic E-state index is 12.4. The highest BCUT2D eigenvalue weighted by Gasteiger charge is 2.42. The molecule has 1 saturated heterocycles. The van der Waals surface area contributed by atoms with Gasteiger partial charge in [-0.1, -0.05) is 12.2 Å². The average Bonchev–Trinajstić information content (AvgIpc) is 3.07. The molecule has 1 aromatic heterocycles. The molecule has 0 aliphatic carbocycles. The van der Waals surface area contributed by atoms with Gasteiger partial charge in [0.15, 0.2) is 0 Å². The number of ether oxygens (including phenoxy) is 1. The molecule has 4 heteroatoms. The number of methoxy groups -OCH3 is 1. The number of benzene rings is 1. The van der Waals surface area contributed by atoms with E-state index in [-0.39, 0.29) is 11.4 Å². The molecule has 1 amide bonds. The highest BCUT2D eigenvalue weighted by molar-refractivity contribution is 5.89. The number of nitrogens with zero attached hydrogens (tertiary/aromatic N) is 1. The van der Waals surface area contributed by atoms with Crippen molar-refractivity contribution in [3.8, 4) is 5.75 Å². The fourth-order valence-corrected chi connectivity index (χ4v) is 4.14. The van der Waals surface area contributed by atoms with Crippen molar-refractivity contribution < 1.29 is 9.53 Å². The van der Waals surface area contributed by atoms with Crippen LogP contribution in [0.5, 0.6) is 5.75 Å². The molecule has 2 aliphatic heterocycles. The minimum atomic E-state index is -0.203. The van der Waals surface area contributed by atoms with Gasteiger partial charge in [0.05, 0.1) is 12.6 Å². The molecule has 1 atom stereocenters. The van der Waals surface area contributed by atoms with Gasteiger partial charge in [-0.25, -0.2) is 0 Å². The van der Waals surface area contributed by atoms with Crippen LogP contribution < -0.4 is 4.74 Å². The van der Waals surface area contributed by atoms with E-state index in [0.717, 1.165) is 42.8 Å². The van der Waals surface area contributed by atoms with E-state index < -0.39 is 0 Å². The molecule has 0 unspecified atom stereocenters. The van der Waals surface area contributed by atoms with Crippen LogP contribution in [0.25, 0.3) is 17.0 Å². The molecule has 4 nitrogen and oxygen atoms in total. The van der Waals surface area contributed by atoms with Crippen LogP contribution in [0.4, 0.5) is 0 Å². The fraction of sp³-hybridized carbons (Fsp3) is 0.350. The van der Waals surface area contributed by atoms with Crippen LogP contribution >= 0.6 is 0 Å². The third-order valence-electron chi connectivity index (χ3n) is 5.40. The lowest BCUT2D eigenvalue weighted by Gasteiger charge is -2.36. The highest BCUT2D eigenvalue weighted by atomic mass is 16.5. The Hall–Kier alpha value is -2.49. The van der Waals surface area contributed by atoms with E-state index in [4.69, 9.17) is 4.74 Å². The van der Waals surface area contributed by atoms with Crippen molar-refractivity contribution in [2.45, 2.75) is 31.2 Å². The van der Waals surface area contributed by atoms with Crippen LogP contribution in [0.15, 0.2) is 36.9 Å². The van der Waals surface area contributed by atoms with Crippen LogP contribution in [0.1, 0.15) is 30.5 Å². The molecular weight excluding hydrogens is 300 g/mol. The zero-order chi connectivity index (χ0) is 16.7. The number of aromatic amines is 1. The Morgan fingerprint density at radius 2 is 2.29 bits per heavy atom. The van der Waals surface area contributed by atoms with E-state index in [1.165, 1.54) is 10.9 Å². The summed E-state index contributed by atoms with van der Waals surface area (Å²) in [6.07, 6.45) is 9.42. The molecule has 2 aliphatic rings. The van der Waals surface area contributed by atoms with Crippen LogP contribution in [0.3, 0.4) is 0 Å². The van der Waals surface area contributed by atoms with Crippen LogP contribution in [0, 0.1) is 0 Å². The highest BCUT2D eigenvalue weighted by Crippen LogP contribution is 2.38. The van der Waals surface area contributed by atoms with E-state index in [1.54, 1.807) is 7.11 Å². The van der Waals surface area contributed by atoms with E-state index >= 15 is 0 Å². The van der Waals surface area contributed by atoms with E-state index in [2.05, 4.69) is 35.8 Å². The Morgan fingerprint density at radius 1 is 1.42 bits per heavy atom. The lowest BCUT2D eigenvalue weighted by Crippen LogP contribution is -2.45. The number of rotatable bonds is 3. The van der Waals surface area contributed by atoms with E-state index in [9.17, 15) is 4.79 Å². The molecule has 0 bridgehead atoms. The molecule has 1 aromatic carbocycles. The number of amides is 1. The smallest absolute Gasteiger partial charge is 0.223 e. The van der Waals surface area contributed by atoms with Crippen molar-refractivity contribution in [2.75, 3.05) is 13.7 Å². The number of hydrogen-bond acceptors (Lipinski definition) is 2. The number of hydrogen-bond donors (Lipinski definition) is 1. The summed E-state index contributed by atoms with van der Waals surface area (Å²) in [6, 6.07) is 6.10. The van der Waals surface area contributed by atoms with Gasteiger partial charge in [0.25, 0.3) is 0 Å². The monoisotopic (exact) mass is 322 g/mol. The minimum Gasteiger partial charge on any atom is -0.497 e. The molecule has 1 fully saturated rings. The lowest BCUT2D eigenvalue weighted by molar-refractivity contribution is -0.130. The predicted octanol–water partition coefficient (Wildman–Crippen LogP) is 3.68. The number of carbonyl (C=O) groups is 1. The van der Waals surface area contributed by atoms with Gasteiger partial charge in [-0.15, -0.1) is 6.58 Å². The van der Waals surface area contributed by atoms with Crippen molar-refractivity contribution in [3.63, 3.8) is 0 Å². The molecule has 3 heterocycles. The Kier molecular flexibility index (Phi) is 3.48. The van der Waals surface area contributed by atoms with Crippen LogP contribution in [-0.4, -0.2) is 35.0 Å².